The second-order valence-corrected chi connectivity index (χ2v) is 7.30. The largest absolute Gasteiger partial charge is 0.356 e. The standard InChI is InChI=1S/C24H33N3O/c1-20(11-10-16-25-3)14-15-24(28)26-17-8-4-5-9-18-27-21(2)19-22-12-6-7-13-23(22)27/h6-7,10-13,16,19H,3-5,8-9,14-15,17-18H2,1-2H3,(H,26,28)/b16-10-,20-11+. The number of rotatable bonds is 12. The highest BCUT2D eigenvalue weighted by Crippen LogP contribution is 2.20. The van der Waals surface area contributed by atoms with Gasteiger partial charge >= 0.3 is 0 Å². The predicted molar refractivity (Wildman–Crippen MR) is 120 cm³/mol. The number of unbranched alkanes of at least 4 members (excludes halogenated alkanes) is 3. The van der Waals surface area contributed by atoms with E-state index in [-0.39, 0.29) is 5.91 Å². The molecule has 0 unspecified atom stereocenters. The van der Waals surface area contributed by atoms with Crippen molar-refractivity contribution in [1.29, 1.82) is 0 Å². The van der Waals surface area contributed by atoms with Crippen LogP contribution in [-0.2, 0) is 11.3 Å². The molecule has 0 aliphatic heterocycles. The van der Waals surface area contributed by atoms with Crippen LogP contribution in [0.25, 0.3) is 10.9 Å². The van der Waals surface area contributed by atoms with Crippen LogP contribution in [0.3, 0.4) is 0 Å². The average Bonchev–Trinajstić information content (AvgIpc) is 3.01. The minimum Gasteiger partial charge on any atom is -0.356 e. The zero-order chi connectivity index (χ0) is 20.2. The van der Waals surface area contributed by atoms with Crippen molar-refractivity contribution in [2.75, 3.05) is 6.54 Å². The molecule has 4 nitrogen and oxygen atoms in total. The van der Waals surface area contributed by atoms with Crippen LogP contribution >= 0.6 is 0 Å². The fourth-order valence-electron chi connectivity index (χ4n) is 3.37. The fraction of sp³-hybridized carbons (Fsp3) is 0.417. The average molecular weight is 380 g/mol. The quantitative estimate of drug-likeness (QED) is 0.293. The molecule has 0 saturated heterocycles. The Morgan fingerprint density at radius 1 is 1.18 bits per heavy atom. The molecule has 2 aromatic rings. The Morgan fingerprint density at radius 3 is 2.79 bits per heavy atom. The van der Waals surface area contributed by atoms with E-state index < -0.39 is 0 Å². The van der Waals surface area contributed by atoms with Gasteiger partial charge in [0.2, 0.25) is 5.91 Å². The summed E-state index contributed by atoms with van der Waals surface area (Å²) in [6, 6.07) is 10.8. The number of para-hydroxylation sites is 1. The number of amides is 1. The van der Waals surface area contributed by atoms with Crippen molar-refractivity contribution < 1.29 is 4.79 Å². The molecule has 2 rings (SSSR count). The molecule has 0 radical (unpaired) electrons. The maximum absolute atomic E-state index is 11.9. The summed E-state index contributed by atoms with van der Waals surface area (Å²) in [5.74, 6) is 0.132. The van der Waals surface area contributed by atoms with Gasteiger partial charge in [0, 0.05) is 36.9 Å². The molecule has 1 aromatic carbocycles. The number of aliphatic imine (C=N–C) groups is 1. The molecule has 1 amide bonds. The summed E-state index contributed by atoms with van der Waals surface area (Å²) in [6.07, 6.45) is 11.3. The first-order valence-electron chi connectivity index (χ1n) is 10.2. The van der Waals surface area contributed by atoms with Crippen LogP contribution in [-0.4, -0.2) is 23.7 Å². The maximum atomic E-state index is 11.9. The van der Waals surface area contributed by atoms with E-state index >= 15 is 0 Å². The molecule has 1 N–H and O–H groups in total. The molecule has 0 spiro atoms. The Morgan fingerprint density at radius 2 is 1.96 bits per heavy atom. The first-order chi connectivity index (χ1) is 13.6. The SMILES string of the molecule is C=N/C=C\C=C(/C)CCC(=O)NCCCCCCn1c(C)cc2ccccc21. The first-order valence-corrected chi connectivity index (χ1v) is 10.2. The van der Waals surface area contributed by atoms with Gasteiger partial charge in [-0.1, -0.05) is 42.7 Å². The van der Waals surface area contributed by atoms with E-state index in [0.29, 0.717) is 6.42 Å². The number of carbonyl (C=O) groups is 1. The smallest absolute Gasteiger partial charge is 0.220 e. The normalized spacial score (nSPS) is 12.0. The number of allylic oxidation sites excluding steroid dienone is 3. The molecular weight excluding hydrogens is 346 g/mol. The number of hydrogen-bond acceptors (Lipinski definition) is 2. The summed E-state index contributed by atoms with van der Waals surface area (Å²) in [7, 11) is 0. The summed E-state index contributed by atoms with van der Waals surface area (Å²) in [4.78, 5) is 15.5. The Balaban J connectivity index is 1.56. The first kappa shape index (κ1) is 21.7. The third kappa shape index (κ3) is 7.18. The van der Waals surface area contributed by atoms with Crippen molar-refractivity contribution in [3.63, 3.8) is 0 Å². The lowest BCUT2D eigenvalue weighted by molar-refractivity contribution is -0.121. The molecule has 0 aliphatic rings. The molecule has 0 atom stereocenters. The minimum atomic E-state index is 0.132. The number of aromatic nitrogens is 1. The number of benzene rings is 1. The van der Waals surface area contributed by atoms with E-state index in [2.05, 4.69) is 58.8 Å². The summed E-state index contributed by atoms with van der Waals surface area (Å²) in [5.41, 5.74) is 3.82. The molecule has 0 fully saturated rings. The third-order valence-electron chi connectivity index (χ3n) is 4.97. The Kier molecular flexibility index (Phi) is 9.26. The Labute approximate surface area is 169 Å². The minimum absolute atomic E-state index is 0.132. The molecule has 0 saturated carbocycles. The van der Waals surface area contributed by atoms with Crippen LogP contribution < -0.4 is 5.32 Å². The van der Waals surface area contributed by atoms with Gasteiger partial charge in [0.15, 0.2) is 0 Å². The van der Waals surface area contributed by atoms with Gasteiger partial charge in [0.05, 0.1) is 0 Å². The van der Waals surface area contributed by atoms with Crippen molar-refractivity contribution in [3.8, 4) is 0 Å². The van der Waals surface area contributed by atoms with Gasteiger partial charge in [-0.3, -0.25) is 9.79 Å². The van der Waals surface area contributed by atoms with Gasteiger partial charge in [-0.2, -0.15) is 0 Å². The zero-order valence-corrected chi connectivity index (χ0v) is 17.3. The molecule has 1 aromatic heterocycles. The van der Waals surface area contributed by atoms with Crippen molar-refractivity contribution >= 4 is 23.5 Å². The Bertz CT molecular complexity index is 829. The number of fused-ring (bicyclic) bond motifs is 1. The second kappa shape index (κ2) is 12.0. The summed E-state index contributed by atoms with van der Waals surface area (Å²) < 4.78 is 2.41. The number of hydrogen-bond donors (Lipinski definition) is 1. The van der Waals surface area contributed by atoms with E-state index in [9.17, 15) is 4.79 Å². The number of nitrogens with zero attached hydrogens (tertiary/aromatic N) is 2. The van der Waals surface area contributed by atoms with E-state index in [1.165, 1.54) is 35.0 Å². The van der Waals surface area contributed by atoms with E-state index in [1.54, 1.807) is 6.20 Å². The summed E-state index contributed by atoms with van der Waals surface area (Å²) in [5, 5.41) is 4.35. The Hall–Kier alpha value is -2.62. The van der Waals surface area contributed by atoms with Crippen LogP contribution in [0.2, 0.25) is 0 Å². The van der Waals surface area contributed by atoms with Crippen LogP contribution in [0, 0.1) is 6.92 Å². The highest BCUT2D eigenvalue weighted by Gasteiger charge is 2.04. The number of nitrogens with one attached hydrogen (secondary N) is 1. The van der Waals surface area contributed by atoms with Crippen molar-refractivity contribution in [2.45, 2.75) is 58.9 Å². The molecule has 1 heterocycles. The molecular formula is C24H33N3O. The molecule has 28 heavy (non-hydrogen) atoms. The monoisotopic (exact) mass is 379 g/mol. The van der Waals surface area contributed by atoms with E-state index in [1.807, 2.05) is 19.1 Å². The van der Waals surface area contributed by atoms with Gasteiger partial charge in [-0.15, -0.1) is 0 Å². The van der Waals surface area contributed by atoms with Crippen molar-refractivity contribution in [1.82, 2.24) is 9.88 Å². The lowest BCUT2D eigenvalue weighted by Gasteiger charge is -2.09. The highest BCUT2D eigenvalue weighted by molar-refractivity contribution is 5.81. The summed E-state index contributed by atoms with van der Waals surface area (Å²) in [6.45, 7) is 9.43. The van der Waals surface area contributed by atoms with Crippen LogP contribution in [0.1, 0.15) is 51.1 Å². The van der Waals surface area contributed by atoms with E-state index in [0.717, 1.165) is 32.4 Å². The van der Waals surface area contributed by atoms with Gasteiger partial charge in [0.25, 0.3) is 0 Å². The topological polar surface area (TPSA) is 46.4 Å². The lowest BCUT2D eigenvalue weighted by Crippen LogP contribution is -2.24. The number of aryl methyl sites for hydroxylation is 2. The van der Waals surface area contributed by atoms with Crippen LogP contribution in [0.15, 0.2) is 59.2 Å². The molecule has 0 bridgehead atoms. The zero-order valence-electron chi connectivity index (χ0n) is 17.3. The van der Waals surface area contributed by atoms with Gasteiger partial charge in [0.1, 0.15) is 0 Å². The van der Waals surface area contributed by atoms with Crippen molar-refractivity contribution in [2.24, 2.45) is 4.99 Å². The predicted octanol–water partition coefficient (Wildman–Crippen LogP) is 5.57. The van der Waals surface area contributed by atoms with Crippen LogP contribution in [0.5, 0.6) is 0 Å². The molecule has 4 heteroatoms. The third-order valence-corrected chi connectivity index (χ3v) is 4.97. The second-order valence-electron chi connectivity index (χ2n) is 7.30. The number of carbonyl (C=O) groups excluding carboxylic acids is 1. The van der Waals surface area contributed by atoms with Gasteiger partial charge in [-0.25, -0.2) is 0 Å². The molecule has 150 valence electrons. The van der Waals surface area contributed by atoms with Gasteiger partial charge < -0.3 is 9.88 Å². The lowest BCUT2D eigenvalue weighted by atomic mass is 10.1. The van der Waals surface area contributed by atoms with E-state index in [4.69, 9.17) is 0 Å². The van der Waals surface area contributed by atoms with Crippen LogP contribution in [0.4, 0.5) is 0 Å². The maximum Gasteiger partial charge on any atom is 0.220 e. The molecule has 0 aliphatic carbocycles. The summed E-state index contributed by atoms with van der Waals surface area (Å²) >= 11 is 0. The highest BCUT2D eigenvalue weighted by atomic mass is 16.1. The fourth-order valence-corrected chi connectivity index (χ4v) is 3.37. The van der Waals surface area contributed by atoms with Crippen molar-refractivity contribution in [3.05, 3.63) is 60.0 Å². The van der Waals surface area contributed by atoms with Gasteiger partial charge in [-0.05, 0) is 63.4 Å².